The van der Waals surface area contributed by atoms with E-state index in [4.69, 9.17) is 0 Å². The number of thiophene rings is 1. The van der Waals surface area contributed by atoms with E-state index in [0.29, 0.717) is 6.42 Å². The highest BCUT2D eigenvalue weighted by molar-refractivity contribution is 7.20. The number of nitrogens with zero attached hydrogens (tertiary/aromatic N) is 1. The van der Waals surface area contributed by atoms with E-state index in [9.17, 15) is 9.18 Å². The monoisotopic (exact) mass is 326 g/mol. The van der Waals surface area contributed by atoms with Crippen LogP contribution < -0.4 is 5.32 Å². The van der Waals surface area contributed by atoms with Gasteiger partial charge in [0.1, 0.15) is 5.82 Å². The molecule has 0 atom stereocenters. The fourth-order valence-corrected chi connectivity index (χ4v) is 3.34. The molecule has 5 heteroatoms. The Balaban J connectivity index is 2.08. The summed E-state index contributed by atoms with van der Waals surface area (Å²) in [5.74, 6) is -0.299. The lowest BCUT2D eigenvalue weighted by atomic mass is 10.0. The van der Waals surface area contributed by atoms with Gasteiger partial charge in [0.2, 0.25) is 5.91 Å². The minimum absolute atomic E-state index is 0.0295. The molecule has 23 heavy (non-hydrogen) atoms. The molecule has 0 aliphatic carbocycles. The molecule has 3 nitrogen and oxygen atoms in total. The first-order chi connectivity index (χ1) is 11.2. The fourth-order valence-electron chi connectivity index (χ4n) is 2.24. The Hall–Kier alpha value is -2.53. The van der Waals surface area contributed by atoms with Gasteiger partial charge in [-0.2, -0.15) is 0 Å². The summed E-state index contributed by atoms with van der Waals surface area (Å²) in [6.07, 6.45) is 3.88. The van der Waals surface area contributed by atoms with E-state index in [1.165, 1.54) is 23.5 Å². The van der Waals surface area contributed by atoms with E-state index in [2.05, 4.69) is 10.3 Å². The smallest absolute Gasteiger partial charge is 0.224 e. The number of carbonyl (C=O) groups is 1. The van der Waals surface area contributed by atoms with Gasteiger partial charge in [0.15, 0.2) is 0 Å². The van der Waals surface area contributed by atoms with E-state index in [-0.39, 0.29) is 11.7 Å². The van der Waals surface area contributed by atoms with Gasteiger partial charge < -0.3 is 5.32 Å². The molecule has 1 aromatic carbocycles. The number of anilines is 1. The van der Waals surface area contributed by atoms with Gasteiger partial charge in [-0.3, -0.25) is 9.78 Å². The predicted molar refractivity (Wildman–Crippen MR) is 91.9 cm³/mol. The SMILES string of the molecule is CCC(=O)Nc1cc(-c2ccc(F)cc2)c(-c2ccncc2)s1. The molecule has 0 saturated carbocycles. The number of nitrogens with one attached hydrogen (secondary N) is 1. The van der Waals surface area contributed by atoms with Crippen molar-refractivity contribution >= 4 is 22.2 Å². The molecular weight excluding hydrogens is 311 g/mol. The lowest BCUT2D eigenvalue weighted by Gasteiger charge is -2.03. The predicted octanol–water partition coefficient (Wildman–Crippen LogP) is 4.96. The summed E-state index contributed by atoms with van der Waals surface area (Å²) >= 11 is 1.50. The van der Waals surface area contributed by atoms with Gasteiger partial charge >= 0.3 is 0 Å². The molecule has 0 aliphatic rings. The van der Waals surface area contributed by atoms with E-state index in [1.807, 2.05) is 25.1 Å². The average molecular weight is 326 g/mol. The highest BCUT2D eigenvalue weighted by Gasteiger charge is 2.14. The van der Waals surface area contributed by atoms with Crippen LogP contribution in [0.3, 0.4) is 0 Å². The number of aromatic nitrogens is 1. The van der Waals surface area contributed by atoms with Gasteiger partial charge in [0.25, 0.3) is 0 Å². The minimum atomic E-state index is -0.269. The molecule has 1 amide bonds. The molecule has 0 radical (unpaired) electrons. The Morgan fingerprint density at radius 1 is 1.13 bits per heavy atom. The summed E-state index contributed by atoms with van der Waals surface area (Å²) < 4.78 is 13.2. The van der Waals surface area contributed by atoms with Crippen LogP contribution in [0.25, 0.3) is 21.6 Å². The summed E-state index contributed by atoms with van der Waals surface area (Å²) in [6, 6.07) is 12.1. The van der Waals surface area contributed by atoms with E-state index < -0.39 is 0 Å². The fraction of sp³-hybridized carbons (Fsp3) is 0.111. The van der Waals surface area contributed by atoms with Crippen molar-refractivity contribution < 1.29 is 9.18 Å². The van der Waals surface area contributed by atoms with E-state index in [1.54, 1.807) is 24.5 Å². The van der Waals surface area contributed by atoms with Crippen LogP contribution in [-0.2, 0) is 4.79 Å². The van der Waals surface area contributed by atoms with Crippen molar-refractivity contribution in [2.45, 2.75) is 13.3 Å². The normalized spacial score (nSPS) is 10.5. The lowest BCUT2D eigenvalue weighted by molar-refractivity contribution is -0.115. The van der Waals surface area contributed by atoms with Crippen LogP contribution in [0, 0.1) is 5.82 Å². The Labute approximate surface area is 137 Å². The second-order valence-corrected chi connectivity index (χ2v) is 6.05. The molecule has 0 unspecified atom stereocenters. The number of benzene rings is 1. The molecular formula is C18H15FN2OS. The number of pyridine rings is 1. The highest BCUT2D eigenvalue weighted by atomic mass is 32.1. The zero-order chi connectivity index (χ0) is 16.2. The van der Waals surface area contributed by atoms with Gasteiger partial charge in [0.05, 0.1) is 5.00 Å². The molecule has 2 heterocycles. The van der Waals surface area contributed by atoms with Crippen molar-refractivity contribution in [3.8, 4) is 21.6 Å². The number of hydrogen-bond acceptors (Lipinski definition) is 3. The van der Waals surface area contributed by atoms with Gasteiger partial charge in [-0.05, 0) is 41.5 Å². The molecule has 3 aromatic rings. The van der Waals surface area contributed by atoms with Crippen molar-refractivity contribution in [2.24, 2.45) is 0 Å². The quantitative estimate of drug-likeness (QED) is 0.736. The van der Waals surface area contributed by atoms with Crippen LogP contribution in [0.1, 0.15) is 13.3 Å². The first kappa shape index (κ1) is 15.4. The topological polar surface area (TPSA) is 42.0 Å². The second kappa shape index (κ2) is 6.71. The summed E-state index contributed by atoms with van der Waals surface area (Å²) in [6.45, 7) is 1.81. The van der Waals surface area contributed by atoms with E-state index in [0.717, 1.165) is 26.6 Å². The van der Waals surface area contributed by atoms with Crippen LogP contribution in [0.5, 0.6) is 0 Å². The third kappa shape index (κ3) is 3.46. The van der Waals surface area contributed by atoms with Gasteiger partial charge in [-0.15, -0.1) is 11.3 Å². The standard InChI is InChI=1S/C18H15FN2OS/c1-2-16(22)21-17-11-15(12-3-5-14(19)6-4-12)18(23-17)13-7-9-20-10-8-13/h3-11H,2H2,1H3,(H,21,22). The van der Waals surface area contributed by atoms with Crippen molar-refractivity contribution in [1.29, 1.82) is 0 Å². The van der Waals surface area contributed by atoms with Crippen LogP contribution in [0.4, 0.5) is 9.39 Å². The summed E-state index contributed by atoms with van der Waals surface area (Å²) in [7, 11) is 0. The Bertz CT molecular complexity index is 813. The Morgan fingerprint density at radius 2 is 1.83 bits per heavy atom. The van der Waals surface area contributed by atoms with Gasteiger partial charge in [-0.25, -0.2) is 4.39 Å². The third-order valence-corrected chi connectivity index (χ3v) is 4.51. The lowest BCUT2D eigenvalue weighted by Crippen LogP contribution is -2.07. The van der Waals surface area contributed by atoms with Crippen LogP contribution >= 0.6 is 11.3 Å². The van der Waals surface area contributed by atoms with Crippen molar-refractivity contribution in [2.75, 3.05) is 5.32 Å². The highest BCUT2D eigenvalue weighted by Crippen LogP contribution is 2.41. The number of amides is 1. The molecule has 0 bridgehead atoms. The minimum Gasteiger partial charge on any atom is -0.318 e. The molecule has 0 saturated heterocycles. The molecule has 1 N–H and O–H groups in total. The molecule has 0 spiro atoms. The number of carbonyl (C=O) groups excluding carboxylic acids is 1. The maximum atomic E-state index is 13.2. The molecule has 116 valence electrons. The summed E-state index contributed by atoms with van der Waals surface area (Å²) in [4.78, 5) is 16.7. The maximum Gasteiger partial charge on any atom is 0.224 e. The van der Waals surface area contributed by atoms with E-state index >= 15 is 0 Å². The third-order valence-electron chi connectivity index (χ3n) is 3.41. The second-order valence-electron chi connectivity index (χ2n) is 5.00. The zero-order valence-electron chi connectivity index (χ0n) is 12.5. The largest absolute Gasteiger partial charge is 0.318 e. The zero-order valence-corrected chi connectivity index (χ0v) is 13.4. The maximum absolute atomic E-state index is 13.2. The number of halogens is 1. The van der Waals surface area contributed by atoms with Crippen LogP contribution in [-0.4, -0.2) is 10.9 Å². The van der Waals surface area contributed by atoms with Gasteiger partial charge in [0, 0.05) is 29.3 Å². The Kier molecular flexibility index (Phi) is 4.48. The summed E-state index contributed by atoms with van der Waals surface area (Å²) in [5, 5.41) is 3.67. The number of hydrogen-bond donors (Lipinski definition) is 1. The molecule has 0 aliphatic heterocycles. The van der Waals surface area contributed by atoms with Gasteiger partial charge in [-0.1, -0.05) is 19.1 Å². The summed E-state index contributed by atoms with van der Waals surface area (Å²) in [5.41, 5.74) is 2.89. The first-order valence-electron chi connectivity index (χ1n) is 7.27. The molecule has 0 fully saturated rings. The number of rotatable bonds is 4. The van der Waals surface area contributed by atoms with Crippen molar-refractivity contribution in [3.63, 3.8) is 0 Å². The van der Waals surface area contributed by atoms with Crippen LogP contribution in [0.2, 0.25) is 0 Å². The molecule has 3 rings (SSSR count). The van der Waals surface area contributed by atoms with Crippen molar-refractivity contribution in [3.05, 3.63) is 60.7 Å². The van der Waals surface area contributed by atoms with Crippen molar-refractivity contribution in [1.82, 2.24) is 4.98 Å². The van der Waals surface area contributed by atoms with Crippen LogP contribution in [0.15, 0.2) is 54.9 Å². The first-order valence-corrected chi connectivity index (χ1v) is 8.09. The average Bonchev–Trinajstić information content (AvgIpc) is 3.00. The Morgan fingerprint density at radius 3 is 2.48 bits per heavy atom. The molecule has 2 aromatic heterocycles.